The highest BCUT2D eigenvalue weighted by molar-refractivity contribution is 6.74. The molecule has 0 fully saturated rings. The molecule has 0 heterocycles. The number of benzene rings is 3. The minimum absolute atomic E-state index is 0.0586. The third-order valence-electron chi connectivity index (χ3n) is 11.7. The van der Waals surface area contributed by atoms with Gasteiger partial charge in [0.05, 0.1) is 52.9 Å². The van der Waals surface area contributed by atoms with Gasteiger partial charge in [0.1, 0.15) is 19.8 Å². The number of aryl methyl sites for hydroxylation is 1. The summed E-state index contributed by atoms with van der Waals surface area (Å²) < 4.78 is 40.0. The minimum atomic E-state index is -1.96. The summed E-state index contributed by atoms with van der Waals surface area (Å²) in [6.45, 7) is 26.7. The molecule has 3 rings (SSSR count). The van der Waals surface area contributed by atoms with Gasteiger partial charge in [-0.3, -0.25) is 9.59 Å². The fourth-order valence-electron chi connectivity index (χ4n) is 5.57. The largest absolute Gasteiger partial charge is 0.445 e. The van der Waals surface area contributed by atoms with Crippen molar-refractivity contribution in [3.8, 4) is 11.1 Å². The normalized spacial score (nSPS) is 12.2. The molecule has 0 saturated heterocycles. The van der Waals surface area contributed by atoms with Crippen LogP contribution in [0, 0.1) is 0 Å². The lowest BCUT2D eigenvalue weighted by Crippen LogP contribution is -2.40. The number of amides is 3. The first-order valence-corrected chi connectivity index (χ1v) is 28.4. The second kappa shape index (κ2) is 27.5. The van der Waals surface area contributed by atoms with Crippen LogP contribution in [0.2, 0.25) is 36.3 Å². The van der Waals surface area contributed by atoms with Crippen LogP contribution in [0.5, 0.6) is 0 Å². The molecule has 0 aliphatic carbocycles. The Bertz CT molecular complexity index is 1830. The molecule has 0 saturated carbocycles. The number of carbonyl (C=O) groups excluding carboxylic acids is 3. The zero-order chi connectivity index (χ0) is 47.1. The number of alkyl carbamates (subject to hydrolysis) is 1. The van der Waals surface area contributed by atoms with Crippen LogP contribution < -0.4 is 16.0 Å². The molecule has 3 aromatic rings. The predicted octanol–water partition coefficient (Wildman–Crippen LogP) is 8.56. The van der Waals surface area contributed by atoms with E-state index in [4.69, 9.17) is 32.5 Å². The fourth-order valence-corrected chi connectivity index (χ4v) is 7.48. The molecule has 0 atom stereocenters. The van der Waals surface area contributed by atoms with Gasteiger partial charge in [0.25, 0.3) is 0 Å². The molecule has 0 aromatic heterocycles. The summed E-state index contributed by atoms with van der Waals surface area (Å²) in [5.41, 5.74) is 6.79. The van der Waals surface area contributed by atoms with E-state index in [9.17, 15) is 14.4 Å². The van der Waals surface area contributed by atoms with E-state index in [-0.39, 0.29) is 61.5 Å². The first-order valence-electron chi connectivity index (χ1n) is 22.6. The summed E-state index contributed by atoms with van der Waals surface area (Å²) in [5, 5.41) is 8.59. The quantitative estimate of drug-likeness (QED) is 0.0457. The molecule has 15 heteroatoms. The van der Waals surface area contributed by atoms with Gasteiger partial charge in [-0.1, -0.05) is 114 Å². The molecule has 0 unspecified atom stereocenters. The van der Waals surface area contributed by atoms with Gasteiger partial charge in [0, 0.05) is 19.6 Å². The van der Waals surface area contributed by atoms with Crippen LogP contribution in [0.4, 0.5) is 4.79 Å². The summed E-state index contributed by atoms with van der Waals surface area (Å²) in [5.74, 6) is -0.447. The summed E-state index contributed by atoms with van der Waals surface area (Å²) >= 11 is 0. The second-order valence-corrected chi connectivity index (χ2v) is 28.5. The maximum absolute atomic E-state index is 12.5. The SMILES string of the molecule is CC(C)(C)[Si](C)(C)OCc1ccc(-c2ccc(CO[Si](C)(C)C(C)(C)C)c(CCCNC(=O)COCCOCCNC(=O)COCCOCCNC(=O)OCc3ccccc3)c2)cc1. The second-order valence-electron chi connectivity index (χ2n) is 18.9. The van der Waals surface area contributed by atoms with E-state index in [1.807, 2.05) is 30.3 Å². The average molecular weight is 924 g/mol. The van der Waals surface area contributed by atoms with Crippen LogP contribution in [-0.2, 0) is 68.4 Å². The average Bonchev–Trinajstić information content (AvgIpc) is 3.24. The Labute approximate surface area is 385 Å². The van der Waals surface area contributed by atoms with E-state index in [1.165, 1.54) is 16.7 Å². The van der Waals surface area contributed by atoms with Crippen LogP contribution in [0.25, 0.3) is 11.1 Å². The molecule has 356 valence electrons. The fraction of sp³-hybridized carbons (Fsp3) is 0.571. The van der Waals surface area contributed by atoms with Crippen LogP contribution >= 0.6 is 0 Å². The first-order chi connectivity index (χ1) is 30.3. The van der Waals surface area contributed by atoms with Gasteiger partial charge >= 0.3 is 6.09 Å². The van der Waals surface area contributed by atoms with Crippen LogP contribution in [0.1, 0.15) is 70.2 Å². The van der Waals surface area contributed by atoms with E-state index in [1.54, 1.807) is 0 Å². The predicted molar refractivity (Wildman–Crippen MR) is 258 cm³/mol. The van der Waals surface area contributed by atoms with Crippen molar-refractivity contribution in [3.63, 3.8) is 0 Å². The smallest absolute Gasteiger partial charge is 0.407 e. The number of hydrogen-bond donors (Lipinski definition) is 3. The molecule has 64 heavy (non-hydrogen) atoms. The highest BCUT2D eigenvalue weighted by Crippen LogP contribution is 2.38. The van der Waals surface area contributed by atoms with Crippen molar-refractivity contribution in [2.75, 3.05) is 72.5 Å². The van der Waals surface area contributed by atoms with Crippen molar-refractivity contribution in [3.05, 3.63) is 95.1 Å². The van der Waals surface area contributed by atoms with Gasteiger partial charge in [-0.2, -0.15) is 0 Å². The summed E-state index contributed by atoms with van der Waals surface area (Å²) in [6.07, 6.45) is 1.05. The van der Waals surface area contributed by atoms with Gasteiger partial charge in [0.15, 0.2) is 16.6 Å². The molecule has 3 amide bonds. The summed E-state index contributed by atoms with van der Waals surface area (Å²) in [6, 6.07) is 24.8. The zero-order valence-electron chi connectivity index (χ0n) is 40.3. The van der Waals surface area contributed by atoms with Crippen molar-refractivity contribution in [1.82, 2.24) is 16.0 Å². The number of rotatable bonds is 29. The number of hydrogen-bond acceptors (Lipinski definition) is 10. The van der Waals surface area contributed by atoms with Crippen LogP contribution in [-0.4, -0.2) is 107 Å². The first kappa shape index (κ1) is 54.4. The van der Waals surface area contributed by atoms with Gasteiger partial charge in [-0.25, -0.2) is 4.79 Å². The van der Waals surface area contributed by atoms with Crippen LogP contribution in [0.15, 0.2) is 72.8 Å². The Balaban J connectivity index is 1.28. The van der Waals surface area contributed by atoms with Gasteiger partial charge < -0.3 is 48.5 Å². The van der Waals surface area contributed by atoms with E-state index < -0.39 is 22.7 Å². The zero-order valence-corrected chi connectivity index (χ0v) is 42.3. The van der Waals surface area contributed by atoms with E-state index in [0.717, 1.165) is 29.5 Å². The molecule has 0 spiro atoms. The monoisotopic (exact) mass is 924 g/mol. The highest BCUT2D eigenvalue weighted by Gasteiger charge is 2.38. The number of ether oxygens (including phenoxy) is 5. The van der Waals surface area contributed by atoms with Gasteiger partial charge in [-0.05, 0) is 82.5 Å². The molecular weight excluding hydrogens is 847 g/mol. The topological polar surface area (TPSA) is 152 Å². The summed E-state index contributed by atoms with van der Waals surface area (Å²) in [4.78, 5) is 36.3. The molecule has 0 bridgehead atoms. The third kappa shape index (κ3) is 20.9. The van der Waals surface area contributed by atoms with Crippen molar-refractivity contribution >= 4 is 34.5 Å². The molecule has 3 aromatic carbocycles. The Morgan fingerprint density at radius 3 is 1.59 bits per heavy atom. The Morgan fingerprint density at radius 1 is 0.516 bits per heavy atom. The van der Waals surface area contributed by atoms with E-state index in [0.29, 0.717) is 52.7 Å². The maximum atomic E-state index is 12.5. The molecule has 3 N–H and O–H groups in total. The standard InChI is InChI=1S/C49H77N3O10Si2/c1-48(2,3)63(7,8)61-35-40-18-20-41(21-19-40)43-22-23-44(36-62-64(9,10)49(4,5)6)42(33-43)17-14-24-50-45(53)37-58-31-29-56-27-25-51-46(54)38-59-32-30-57-28-26-52-47(55)60-34-39-15-12-11-13-16-39/h11-13,15-16,18-23,33H,14,17,24-32,34-38H2,1-10H3,(H,50,53)(H,51,54)(H,52,55). The number of nitrogens with one attached hydrogen (secondary N) is 3. The van der Waals surface area contributed by atoms with Crippen molar-refractivity contribution in [2.24, 2.45) is 0 Å². The minimum Gasteiger partial charge on any atom is -0.445 e. The summed E-state index contributed by atoms with van der Waals surface area (Å²) in [7, 11) is -3.79. The van der Waals surface area contributed by atoms with E-state index in [2.05, 4.69) is 126 Å². The maximum Gasteiger partial charge on any atom is 0.407 e. The Kier molecular flexibility index (Phi) is 23.4. The molecule has 0 aliphatic heterocycles. The Hall–Kier alpha value is -3.94. The van der Waals surface area contributed by atoms with Crippen LogP contribution in [0.3, 0.4) is 0 Å². The number of carbonyl (C=O) groups is 3. The highest BCUT2D eigenvalue weighted by atomic mass is 28.4. The van der Waals surface area contributed by atoms with Gasteiger partial charge in [0.2, 0.25) is 11.8 Å². The van der Waals surface area contributed by atoms with Crippen molar-refractivity contribution < 1.29 is 46.9 Å². The lowest BCUT2D eigenvalue weighted by Gasteiger charge is -2.36. The molecule has 0 aliphatic rings. The van der Waals surface area contributed by atoms with Crippen molar-refractivity contribution in [2.45, 2.75) is 110 Å². The molecule has 13 nitrogen and oxygen atoms in total. The molecule has 0 radical (unpaired) electrons. The van der Waals surface area contributed by atoms with Crippen molar-refractivity contribution in [1.29, 1.82) is 0 Å². The van der Waals surface area contributed by atoms with E-state index >= 15 is 0 Å². The third-order valence-corrected chi connectivity index (χ3v) is 20.7. The Morgan fingerprint density at radius 2 is 1.02 bits per heavy atom. The lowest BCUT2D eigenvalue weighted by atomic mass is 9.96. The van der Waals surface area contributed by atoms with Gasteiger partial charge in [-0.15, -0.1) is 0 Å². The molecular formula is C49H77N3O10Si2. The lowest BCUT2D eigenvalue weighted by molar-refractivity contribution is -0.127.